The zero-order valence-electron chi connectivity index (χ0n) is 9.23. The number of aryl methyl sites for hydroxylation is 1. The largest absolute Gasteiger partial charge is 0.390 e. The number of nitrogens with zero attached hydrogens (tertiary/aromatic N) is 2. The van der Waals surface area contributed by atoms with Crippen LogP contribution in [0.25, 0.3) is 0 Å². The van der Waals surface area contributed by atoms with Gasteiger partial charge in [-0.3, -0.25) is 0 Å². The lowest BCUT2D eigenvalue weighted by Gasteiger charge is -2.15. The average Bonchev–Trinajstić information content (AvgIpc) is 2.88. The second kappa shape index (κ2) is 5.33. The molecule has 3 nitrogen and oxygen atoms in total. The van der Waals surface area contributed by atoms with Crippen LogP contribution in [0, 0.1) is 0 Å². The van der Waals surface area contributed by atoms with E-state index in [0.29, 0.717) is 0 Å². The number of aliphatic hydroxyl groups excluding tert-OH is 1. The number of aromatic nitrogens is 1. The Labute approximate surface area is 91.3 Å². The maximum absolute atomic E-state index is 9.09. The molecule has 1 fully saturated rings. The van der Waals surface area contributed by atoms with E-state index >= 15 is 0 Å². The van der Waals surface area contributed by atoms with Crippen LogP contribution in [0.3, 0.4) is 0 Å². The third-order valence-electron chi connectivity index (χ3n) is 3.16. The Kier molecular flexibility index (Phi) is 3.80. The van der Waals surface area contributed by atoms with Crippen LogP contribution >= 0.6 is 0 Å². The van der Waals surface area contributed by atoms with Crippen molar-refractivity contribution in [2.24, 2.45) is 0 Å². The SMILES string of the molecule is OCc1cccn1CCCN1CCCC1. The molecule has 1 aromatic rings. The summed E-state index contributed by atoms with van der Waals surface area (Å²) in [5.41, 5.74) is 1.02. The van der Waals surface area contributed by atoms with Gasteiger partial charge in [0.05, 0.1) is 6.61 Å². The molecule has 1 aliphatic heterocycles. The molecule has 0 unspecified atom stereocenters. The Hall–Kier alpha value is -0.800. The highest BCUT2D eigenvalue weighted by atomic mass is 16.3. The molecule has 0 atom stereocenters. The quantitative estimate of drug-likeness (QED) is 0.793. The van der Waals surface area contributed by atoms with Crippen LogP contribution in [0.1, 0.15) is 25.0 Å². The number of rotatable bonds is 5. The van der Waals surface area contributed by atoms with E-state index in [9.17, 15) is 0 Å². The Morgan fingerprint density at radius 1 is 1.20 bits per heavy atom. The Morgan fingerprint density at radius 3 is 2.73 bits per heavy atom. The first-order valence-corrected chi connectivity index (χ1v) is 5.87. The van der Waals surface area contributed by atoms with Gasteiger partial charge in [-0.15, -0.1) is 0 Å². The molecule has 1 aromatic heterocycles. The predicted molar refractivity (Wildman–Crippen MR) is 60.6 cm³/mol. The van der Waals surface area contributed by atoms with Crippen molar-refractivity contribution in [3.63, 3.8) is 0 Å². The molecule has 0 radical (unpaired) electrons. The molecule has 2 rings (SSSR count). The lowest BCUT2D eigenvalue weighted by atomic mass is 10.3. The fourth-order valence-corrected chi connectivity index (χ4v) is 2.28. The van der Waals surface area contributed by atoms with E-state index in [2.05, 4.69) is 15.7 Å². The fourth-order valence-electron chi connectivity index (χ4n) is 2.28. The first-order valence-electron chi connectivity index (χ1n) is 5.87. The first-order chi connectivity index (χ1) is 7.40. The van der Waals surface area contributed by atoms with Crippen molar-refractivity contribution in [2.75, 3.05) is 19.6 Å². The molecular formula is C12H20N2O. The van der Waals surface area contributed by atoms with Gasteiger partial charge in [0.25, 0.3) is 0 Å². The van der Waals surface area contributed by atoms with Crippen LogP contribution in [-0.4, -0.2) is 34.2 Å². The van der Waals surface area contributed by atoms with Crippen molar-refractivity contribution in [1.29, 1.82) is 0 Å². The van der Waals surface area contributed by atoms with Gasteiger partial charge in [-0.25, -0.2) is 0 Å². The van der Waals surface area contributed by atoms with E-state index in [-0.39, 0.29) is 6.61 Å². The van der Waals surface area contributed by atoms with Gasteiger partial charge in [-0.1, -0.05) is 0 Å². The zero-order valence-corrected chi connectivity index (χ0v) is 9.23. The maximum atomic E-state index is 9.09. The third-order valence-corrected chi connectivity index (χ3v) is 3.16. The molecular weight excluding hydrogens is 188 g/mol. The number of likely N-dealkylation sites (tertiary alicyclic amines) is 1. The molecule has 0 amide bonds. The summed E-state index contributed by atoms with van der Waals surface area (Å²) in [5.74, 6) is 0. The van der Waals surface area contributed by atoms with Crippen LogP contribution in [0.2, 0.25) is 0 Å². The smallest absolute Gasteiger partial charge is 0.0832 e. The molecule has 0 saturated carbocycles. The van der Waals surface area contributed by atoms with Gasteiger partial charge >= 0.3 is 0 Å². The summed E-state index contributed by atoms with van der Waals surface area (Å²) in [6.45, 7) is 4.93. The molecule has 0 aromatic carbocycles. The predicted octanol–water partition coefficient (Wildman–Crippen LogP) is 1.47. The molecule has 0 aliphatic carbocycles. The second-order valence-electron chi connectivity index (χ2n) is 4.25. The summed E-state index contributed by atoms with van der Waals surface area (Å²) < 4.78 is 2.15. The van der Waals surface area contributed by atoms with Crippen molar-refractivity contribution in [3.05, 3.63) is 24.0 Å². The zero-order chi connectivity index (χ0) is 10.5. The molecule has 0 bridgehead atoms. The van der Waals surface area contributed by atoms with E-state index < -0.39 is 0 Å². The lowest BCUT2D eigenvalue weighted by molar-refractivity contribution is 0.267. The number of hydrogen-bond acceptors (Lipinski definition) is 2. The molecule has 0 spiro atoms. The monoisotopic (exact) mass is 208 g/mol. The maximum Gasteiger partial charge on any atom is 0.0832 e. The van der Waals surface area contributed by atoms with E-state index in [4.69, 9.17) is 5.11 Å². The summed E-state index contributed by atoms with van der Waals surface area (Å²) in [6.07, 6.45) is 5.97. The van der Waals surface area contributed by atoms with Gasteiger partial charge < -0.3 is 14.6 Å². The Balaban J connectivity index is 1.73. The minimum absolute atomic E-state index is 0.150. The second-order valence-corrected chi connectivity index (χ2v) is 4.25. The highest BCUT2D eigenvalue weighted by molar-refractivity contribution is 5.05. The van der Waals surface area contributed by atoms with Crippen LogP contribution in [0.5, 0.6) is 0 Å². The van der Waals surface area contributed by atoms with Crippen molar-refractivity contribution in [1.82, 2.24) is 9.47 Å². The van der Waals surface area contributed by atoms with Gasteiger partial charge in [0.1, 0.15) is 0 Å². The van der Waals surface area contributed by atoms with Gasteiger partial charge in [0.15, 0.2) is 0 Å². The van der Waals surface area contributed by atoms with Crippen molar-refractivity contribution < 1.29 is 5.11 Å². The number of hydrogen-bond donors (Lipinski definition) is 1. The minimum Gasteiger partial charge on any atom is -0.390 e. The molecule has 15 heavy (non-hydrogen) atoms. The minimum atomic E-state index is 0.150. The van der Waals surface area contributed by atoms with Crippen LogP contribution in [0.15, 0.2) is 18.3 Å². The fraction of sp³-hybridized carbons (Fsp3) is 0.667. The van der Waals surface area contributed by atoms with Gasteiger partial charge in [0.2, 0.25) is 0 Å². The standard InChI is InChI=1S/C12H20N2O/c15-11-12-5-3-9-14(12)10-4-8-13-6-1-2-7-13/h3,5,9,15H,1-2,4,6-8,10-11H2. The van der Waals surface area contributed by atoms with E-state index in [1.807, 2.05) is 12.1 Å². The van der Waals surface area contributed by atoms with Crippen LogP contribution in [-0.2, 0) is 13.2 Å². The number of aliphatic hydroxyl groups is 1. The Morgan fingerprint density at radius 2 is 2.00 bits per heavy atom. The highest BCUT2D eigenvalue weighted by Gasteiger charge is 2.10. The summed E-state index contributed by atoms with van der Waals surface area (Å²) in [5, 5.41) is 9.09. The molecule has 2 heterocycles. The molecule has 84 valence electrons. The third kappa shape index (κ3) is 2.83. The topological polar surface area (TPSA) is 28.4 Å². The Bertz CT molecular complexity index is 290. The van der Waals surface area contributed by atoms with Gasteiger partial charge in [-0.05, 0) is 51.0 Å². The van der Waals surface area contributed by atoms with Crippen molar-refractivity contribution in [2.45, 2.75) is 32.4 Å². The lowest BCUT2D eigenvalue weighted by Crippen LogP contribution is -2.21. The van der Waals surface area contributed by atoms with Crippen LogP contribution in [0.4, 0.5) is 0 Å². The average molecular weight is 208 g/mol. The highest BCUT2D eigenvalue weighted by Crippen LogP contribution is 2.09. The molecule has 1 saturated heterocycles. The van der Waals surface area contributed by atoms with Crippen molar-refractivity contribution in [3.8, 4) is 0 Å². The van der Waals surface area contributed by atoms with E-state index in [1.54, 1.807) is 0 Å². The molecule has 1 aliphatic rings. The first kappa shape index (κ1) is 10.7. The van der Waals surface area contributed by atoms with E-state index in [1.165, 1.54) is 38.9 Å². The van der Waals surface area contributed by atoms with E-state index in [0.717, 1.165) is 12.2 Å². The van der Waals surface area contributed by atoms with Gasteiger partial charge in [-0.2, -0.15) is 0 Å². The van der Waals surface area contributed by atoms with Crippen molar-refractivity contribution >= 4 is 0 Å². The summed E-state index contributed by atoms with van der Waals surface area (Å²) in [4.78, 5) is 2.53. The van der Waals surface area contributed by atoms with Gasteiger partial charge in [0, 0.05) is 18.4 Å². The molecule has 1 N–H and O–H groups in total. The summed E-state index contributed by atoms with van der Waals surface area (Å²) >= 11 is 0. The normalized spacial score (nSPS) is 17.4. The summed E-state index contributed by atoms with van der Waals surface area (Å²) in [6, 6.07) is 3.98. The van der Waals surface area contributed by atoms with Crippen LogP contribution < -0.4 is 0 Å². The molecule has 3 heteroatoms. The summed E-state index contributed by atoms with van der Waals surface area (Å²) in [7, 11) is 0.